The van der Waals surface area contributed by atoms with E-state index in [9.17, 15) is 9.59 Å². The highest BCUT2D eigenvalue weighted by Gasteiger charge is 2.22. The molecule has 1 heterocycles. The number of carbonyl (C=O) groups is 2. The van der Waals surface area contributed by atoms with Crippen molar-refractivity contribution in [2.75, 3.05) is 6.61 Å². The summed E-state index contributed by atoms with van der Waals surface area (Å²) in [4.78, 5) is 22.4. The third kappa shape index (κ3) is 3.85. The fraction of sp³-hybridized carbons (Fsp3) is 0.333. The molecule has 0 fully saturated rings. The van der Waals surface area contributed by atoms with Gasteiger partial charge in [0.2, 0.25) is 0 Å². The third-order valence-electron chi connectivity index (χ3n) is 1.92. The maximum Gasteiger partial charge on any atom is 0.326 e. The molecular weight excluding hydrogens is 289 g/mol. The van der Waals surface area contributed by atoms with Crippen LogP contribution in [0.2, 0.25) is 8.67 Å². The van der Waals surface area contributed by atoms with E-state index in [4.69, 9.17) is 33.4 Å². The van der Waals surface area contributed by atoms with Crippen molar-refractivity contribution in [3.8, 4) is 0 Å². The van der Waals surface area contributed by atoms with Crippen LogP contribution >= 0.6 is 34.5 Å². The zero-order valence-electron chi connectivity index (χ0n) is 8.44. The van der Waals surface area contributed by atoms with Crippen LogP contribution in [0.15, 0.2) is 6.07 Å². The van der Waals surface area contributed by atoms with E-state index < -0.39 is 17.9 Å². The SMILES string of the molecule is O=C(N[C@H](CCO)C(=O)O)c1cc(Cl)sc1Cl. The summed E-state index contributed by atoms with van der Waals surface area (Å²) in [7, 11) is 0. The summed E-state index contributed by atoms with van der Waals surface area (Å²) in [6.07, 6.45) is -0.0729. The fourth-order valence-electron chi connectivity index (χ4n) is 1.12. The molecule has 94 valence electrons. The summed E-state index contributed by atoms with van der Waals surface area (Å²) in [6, 6.07) is 0.212. The van der Waals surface area contributed by atoms with Gasteiger partial charge in [0.1, 0.15) is 10.4 Å². The first-order chi connectivity index (χ1) is 7.95. The van der Waals surface area contributed by atoms with Crippen molar-refractivity contribution in [3.05, 3.63) is 20.3 Å². The summed E-state index contributed by atoms with van der Waals surface area (Å²) in [5, 5.41) is 19.7. The number of aliphatic carboxylic acids is 1. The van der Waals surface area contributed by atoms with E-state index in [0.717, 1.165) is 11.3 Å². The molecule has 17 heavy (non-hydrogen) atoms. The van der Waals surface area contributed by atoms with Crippen molar-refractivity contribution in [2.24, 2.45) is 0 Å². The minimum absolute atomic E-state index is 0.0729. The quantitative estimate of drug-likeness (QED) is 0.771. The number of hydrogen-bond donors (Lipinski definition) is 3. The molecular formula is C9H9Cl2NO4S. The molecule has 0 spiro atoms. The van der Waals surface area contributed by atoms with Gasteiger partial charge in [-0.25, -0.2) is 4.79 Å². The van der Waals surface area contributed by atoms with Crippen molar-refractivity contribution >= 4 is 46.4 Å². The molecule has 0 bridgehead atoms. The van der Waals surface area contributed by atoms with Crippen molar-refractivity contribution in [3.63, 3.8) is 0 Å². The van der Waals surface area contributed by atoms with Crippen LogP contribution in [-0.2, 0) is 4.79 Å². The van der Waals surface area contributed by atoms with Gasteiger partial charge in [0.25, 0.3) is 5.91 Å². The minimum atomic E-state index is -1.22. The summed E-state index contributed by atoms with van der Waals surface area (Å²) < 4.78 is 0.537. The van der Waals surface area contributed by atoms with Crippen molar-refractivity contribution < 1.29 is 19.8 Å². The van der Waals surface area contributed by atoms with Gasteiger partial charge in [-0.1, -0.05) is 23.2 Å². The number of aliphatic hydroxyl groups excluding tert-OH is 1. The molecule has 0 unspecified atom stereocenters. The number of thiophene rings is 1. The number of carboxylic acid groups (broad SMARTS) is 1. The Kier molecular flexibility index (Phi) is 5.20. The monoisotopic (exact) mass is 297 g/mol. The number of carboxylic acids is 1. The van der Waals surface area contributed by atoms with Gasteiger partial charge < -0.3 is 15.5 Å². The number of amides is 1. The molecule has 1 aromatic heterocycles. The maximum atomic E-state index is 11.7. The van der Waals surface area contributed by atoms with Crippen LogP contribution in [-0.4, -0.2) is 34.7 Å². The lowest BCUT2D eigenvalue weighted by Gasteiger charge is -2.12. The summed E-state index contributed by atoms with van der Waals surface area (Å²) in [5.74, 6) is -1.84. The van der Waals surface area contributed by atoms with Crippen LogP contribution in [0, 0.1) is 0 Å². The first-order valence-electron chi connectivity index (χ1n) is 4.55. The average Bonchev–Trinajstić information content (AvgIpc) is 2.57. The molecule has 5 nitrogen and oxygen atoms in total. The molecule has 1 amide bonds. The second-order valence-electron chi connectivity index (χ2n) is 3.11. The van der Waals surface area contributed by atoms with Crippen LogP contribution in [0.1, 0.15) is 16.8 Å². The Hall–Kier alpha value is -0.820. The summed E-state index contributed by atoms with van der Waals surface area (Å²) in [6.45, 7) is -0.338. The average molecular weight is 298 g/mol. The highest BCUT2D eigenvalue weighted by molar-refractivity contribution is 7.20. The van der Waals surface area contributed by atoms with E-state index in [0.29, 0.717) is 4.34 Å². The number of rotatable bonds is 5. The number of hydrogen-bond acceptors (Lipinski definition) is 4. The minimum Gasteiger partial charge on any atom is -0.480 e. The fourth-order valence-corrected chi connectivity index (χ4v) is 2.58. The van der Waals surface area contributed by atoms with E-state index >= 15 is 0 Å². The van der Waals surface area contributed by atoms with Gasteiger partial charge in [-0.3, -0.25) is 4.79 Å². The Morgan fingerprint density at radius 1 is 1.47 bits per heavy atom. The zero-order chi connectivity index (χ0) is 13.0. The molecule has 0 aliphatic carbocycles. The molecule has 3 N–H and O–H groups in total. The van der Waals surface area contributed by atoms with E-state index in [1.165, 1.54) is 6.07 Å². The van der Waals surface area contributed by atoms with Crippen LogP contribution < -0.4 is 5.32 Å². The second kappa shape index (κ2) is 6.20. The van der Waals surface area contributed by atoms with Crippen molar-refractivity contribution in [1.29, 1.82) is 0 Å². The molecule has 8 heteroatoms. The van der Waals surface area contributed by atoms with Gasteiger partial charge in [-0.2, -0.15) is 0 Å². The molecule has 1 rings (SSSR count). The predicted molar refractivity (Wildman–Crippen MR) is 64.9 cm³/mol. The van der Waals surface area contributed by atoms with Gasteiger partial charge in [-0.15, -0.1) is 11.3 Å². The van der Waals surface area contributed by atoms with Crippen molar-refractivity contribution in [2.45, 2.75) is 12.5 Å². The summed E-state index contributed by atoms with van der Waals surface area (Å²) in [5.41, 5.74) is 0.130. The number of halogens is 2. The number of carbonyl (C=O) groups excluding carboxylic acids is 1. The molecule has 0 radical (unpaired) electrons. The molecule has 0 aliphatic rings. The van der Waals surface area contributed by atoms with Gasteiger partial charge in [0.15, 0.2) is 0 Å². The van der Waals surface area contributed by atoms with E-state index in [2.05, 4.69) is 5.32 Å². The lowest BCUT2D eigenvalue weighted by atomic mass is 10.2. The van der Waals surface area contributed by atoms with E-state index in [1.807, 2.05) is 0 Å². The van der Waals surface area contributed by atoms with Gasteiger partial charge >= 0.3 is 5.97 Å². The van der Waals surface area contributed by atoms with Gasteiger partial charge in [-0.05, 0) is 6.07 Å². The molecule has 0 saturated heterocycles. The highest BCUT2D eigenvalue weighted by atomic mass is 35.5. The van der Waals surface area contributed by atoms with Gasteiger partial charge in [0, 0.05) is 13.0 Å². The summed E-state index contributed by atoms with van der Waals surface area (Å²) >= 11 is 12.4. The maximum absolute atomic E-state index is 11.7. The zero-order valence-corrected chi connectivity index (χ0v) is 10.8. The predicted octanol–water partition coefficient (Wildman–Crippen LogP) is 1.62. The molecule has 1 atom stereocenters. The van der Waals surface area contributed by atoms with Crippen LogP contribution in [0.3, 0.4) is 0 Å². The lowest BCUT2D eigenvalue weighted by molar-refractivity contribution is -0.139. The third-order valence-corrected chi connectivity index (χ3v) is 3.41. The largest absolute Gasteiger partial charge is 0.480 e. The Balaban J connectivity index is 2.77. The van der Waals surface area contributed by atoms with E-state index in [1.54, 1.807) is 0 Å². The Morgan fingerprint density at radius 3 is 2.53 bits per heavy atom. The van der Waals surface area contributed by atoms with Gasteiger partial charge in [0.05, 0.1) is 9.90 Å². The Labute approximate surface area is 111 Å². The Bertz CT molecular complexity index is 435. The van der Waals surface area contributed by atoms with Crippen LogP contribution in [0.4, 0.5) is 0 Å². The highest BCUT2D eigenvalue weighted by Crippen LogP contribution is 2.31. The van der Waals surface area contributed by atoms with E-state index in [-0.39, 0.29) is 22.9 Å². The normalized spacial score (nSPS) is 12.2. The smallest absolute Gasteiger partial charge is 0.326 e. The molecule has 1 aromatic rings. The number of aliphatic hydroxyl groups is 1. The lowest BCUT2D eigenvalue weighted by Crippen LogP contribution is -2.41. The standard InChI is InChI=1S/C9H9Cl2NO4S/c10-6-3-4(7(11)17-6)8(14)12-5(1-2-13)9(15)16/h3,5,13H,1-2H2,(H,12,14)(H,15,16)/t5-/m1/s1. The van der Waals surface area contributed by atoms with Crippen LogP contribution in [0.5, 0.6) is 0 Å². The molecule has 0 saturated carbocycles. The number of nitrogens with one attached hydrogen (secondary N) is 1. The second-order valence-corrected chi connectivity index (χ2v) is 5.40. The topological polar surface area (TPSA) is 86.6 Å². The van der Waals surface area contributed by atoms with Crippen molar-refractivity contribution in [1.82, 2.24) is 5.32 Å². The Morgan fingerprint density at radius 2 is 2.12 bits per heavy atom. The molecule has 0 aliphatic heterocycles. The van der Waals surface area contributed by atoms with Crippen LogP contribution in [0.25, 0.3) is 0 Å². The first-order valence-corrected chi connectivity index (χ1v) is 6.12. The molecule has 0 aromatic carbocycles. The first kappa shape index (κ1) is 14.2.